The molecule has 2 atom stereocenters. The highest BCUT2D eigenvalue weighted by atomic mass is 16.5. The van der Waals surface area contributed by atoms with Crippen molar-refractivity contribution in [3.63, 3.8) is 0 Å². The zero-order valence-corrected chi connectivity index (χ0v) is 17.6. The predicted octanol–water partition coefficient (Wildman–Crippen LogP) is 3.75. The van der Waals surface area contributed by atoms with E-state index in [0.29, 0.717) is 12.5 Å². The van der Waals surface area contributed by atoms with Gasteiger partial charge >= 0.3 is 5.97 Å². The minimum absolute atomic E-state index is 0.193. The number of carbonyl (C=O) groups excluding carboxylic acids is 2. The van der Waals surface area contributed by atoms with Crippen LogP contribution in [0.5, 0.6) is 0 Å². The minimum Gasteiger partial charge on any atom is -0.465 e. The number of aromatic nitrogens is 3. The van der Waals surface area contributed by atoms with Gasteiger partial charge in [-0.3, -0.25) is 19.5 Å². The molecule has 7 heteroatoms. The molecule has 160 valence electrons. The molecular weight excluding hydrogens is 404 g/mol. The Kier molecular flexibility index (Phi) is 5.15. The van der Waals surface area contributed by atoms with E-state index in [1.807, 2.05) is 65.2 Å². The number of carbonyl (C=O) groups is 2. The molecule has 4 aromatic rings. The number of amides is 1. The Bertz CT molecular complexity index is 1270. The number of ether oxygens (including phenoxy) is 1. The van der Waals surface area contributed by atoms with Gasteiger partial charge in [0.2, 0.25) is 11.9 Å². The molecule has 3 heterocycles. The smallest absolute Gasteiger partial charge is 0.321 e. The number of hydrogen-bond acceptors (Lipinski definition) is 5. The average Bonchev–Trinajstić information content (AvgIpc) is 3.21. The van der Waals surface area contributed by atoms with Gasteiger partial charge < -0.3 is 9.30 Å². The van der Waals surface area contributed by atoms with Crippen molar-refractivity contribution in [3.8, 4) is 0 Å². The second-order valence-corrected chi connectivity index (χ2v) is 7.64. The molecule has 0 fully saturated rings. The zero-order valence-electron chi connectivity index (χ0n) is 17.6. The fourth-order valence-corrected chi connectivity index (χ4v) is 4.32. The highest BCUT2D eigenvalue weighted by Crippen LogP contribution is 2.41. The summed E-state index contributed by atoms with van der Waals surface area (Å²) in [6.45, 7) is 2.24. The van der Waals surface area contributed by atoms with Crippen LogP contribution in [0, 0.1) is 5.92 Å². The molecular formula is C25H22N4O3. The molecule has 0 spiro atoms. The monoisotopic (exact) mass is 426 g/mol. The maximum absolute atomic E-state index is 13.8. The van der Waals surface area contributed by atoms with Gasteiger partial charge in [0.25, 0.3) is 0 Å². The summed E-state index contributed by atoms with van der Waals surface area (Å²) < 4.78 is 7.34. The lowest BCUT2D eigenvalue weighted by atomic mass is 9.90. The molecule has 32 heavy (non-hydrogen) atoms. The molecule has 0 bridgehead atoms. The van der Waals surface area contributed by atoms with Gasteiger partial charge in [-0.1, -0.05) is 48.5 Å². The van der Waals surface area contributed by atoms with Crippen LogP contribution in [0.15, 0.2) is 79.1 Å². The summed E-state index contributed by atoms with van der Waals surface area (Å²) in [7, 11) is 0. The van der Waals surface area contributed by atoms with Crippen LogP contribution in [0.2, 0.25) is 0 Å². The van der Waals surface area contributed by atoms with Crippen LogP contribution >= 0.6 is 0 Å². The fraction of sp³-hybridized carbons (Fsp3) is 0.200. The number of para-hydroxylation sites is 2. The first-order valence-corrected chi connectivity index (χ1v) is 10.6. The Morgan fingerprint density at radius 2 is 1.81 bits per heavy atom. The number of fused-ring (bicyclic) bond motifs is 3. The molecule has 2 aromatic heterocycles. The first kappa shape index (κ1) is 19.9. The number of benzene rings is 2. The molecule has 7 nitrogen and oxygen atoms in total. The van der Waals surface area contributed by atoms with E-state index >= 15 is 0 Å². The van der Waals surface area contributed by atoms with Crippen LogP contribution in [-0.2, 0) is 20.9 Å². The van der Waals surface area contributed by atoms with E-state index in [1.165, 1.54) is 0 Å². The SMILES string of the molecule is CCOC(=O)[C@H]1C(=O)N(Cc2ccccc2)c2nc3ccccc3n2[C@H]1c1cccnc1. The molecule has 1 aliphatic heterocycles. The van der Waals surface area contributed by atoms with Crippen molar-refractivity contribution in [1.29, 1.82) is 0 Å². The zero-order chi connectivity index (χ0) is 22.1. The van der Waals surface area contributed by atoms with Crippen molar-refractivity contribution in [2.24, 2.45) is 5.92 Å². The summed E-state index contributed by atoms with van der Waals surface area (Å²) in [5, 5.41) is 0. The number of esters is 1. The number of anilines is 1. The van der Waals surface area contributed by atoms with Crippen molar-refractivity contribution in [2.75, 3.05) is 11.5 Å². The Hall–Kier alpha value is -4.00. The van der Waals surface area contributed by atoms with Crippen LogP contribution in [0.25, 0.3) is 11.0 Å². The Morgan fingerprint density at radius 1 is 1.03 bits per heavy atom. The Morgan fingerprint density at radius 3 is 2.56 bits per heavy atom. The lowest BCUT2D eigenvalue weighted by Crippen LogP contribution is -2.49. The maximum Gasteiger partial charge on any atom is 0.321 e. The van der Waals surface area contributed by atoms with Crippen molar-refractivity contribution < 1.29 is 14.3 Å². The van der Waals surface area contributed by atoms with Crippen LogP contribution in [0.1, 0.15) is 24.1 Å². The maximum atomic E-state index is 13.8. The number of nitrogens with zero attached hydrogens (tertiary/aromatic N) is 4. The molecule has 0 saturated carbocycles. The van der Waals surface area contributed by atoms with Crippen molar-refractivity contribution >= 4 is 28.9 Å². The molecule has 0 aliphatic carbocycles. The molecule has 0 unspecified atom stereocenters. The molecule has 0 radical (unpaired) electrons. The van der Waals surface area contributed by atoms with Crippen molar-refractivity contribution in [3.05, 3.63) is 90.3 Å². The quantitative estimate of drug-likeness (QED) is 0.359. The van der Waals surface area contributed by atoms with Gasteiger partial charge in [-0.05, 0) is 36.2 Å². The first-order valence-electron chi connectivity index (χ1n) is 10.6. The average molecular weight is 426 g/mol. The third kappa shape index (κ3) is 3.32. The van der Waals surface area contributed by atoms with Crippen LogP contribution in [-0.4, -0.2) is 33.0 Å². The molecule has 5 rings (SSSR count). The molecule has 2 aromatic carbocycles. The lowest BCUT2D eigenvalue weighted by Gasteiger charge is -2.37. The van der Waals surface area contributed by atoms with E-state index in [4.69, 9.17) is 9.72 Å². The van der Waals surface area contributed by atoms with E-state index in [-0.39, 0.29) is 12.5 Å². The summed E-state index contributed by atoms with van der Waals surface area (Å²) in [6, 6.07) is 20.4. The number of imidazole rings is 1. The lowest BCUT2D eigenvalue weighted by molar-refractivity contribution is -0.153. The summed E-state index contributed by atoms with van der Waals surface area (Å²) in [5.74, 6) is -1.42. The number of pyridine rings is 1. The van der Waals surface area contributed by atoms with Gasteiger partial charge in [-0.15, -0.1) is 0 Å². The van der Waals surface area contributed by atoms with E-state index in [1.54, 1.807) is 30.3 Å². The Labute approximate surface area is 185 Å². The van der Waals surface area contributed by atoms with Crippen LogP contribution in [0.3, 0.4) is 0 Å². The summed E-state index contributed by atoms with van der Waals surface area (Å²) in [5.41, 5.74) is 3.30. The first-order chi connectivity index (χ1) is 15.7. The van der Waals surface area contributed by atoms with Gasteiger partial charge in [0, 0.05) is 12.4 Å². The van der Waals surface area contributed by atoms with E-state index in [2.05, 4.69) is 4.98 Å². The molecule has 1 aliphatic rings. The summed E-state index contributed by atoms with van der Waals surface area (Å²) in [4.78, 5) is 37.6. The number of hydrogen-bond donors (Lipinski definition) is 0. The third-order valence-corrected chi connectivity index (χ3v) is 5.69. The molecule has 0 saturated heterocycles. The van der Waals surface area contributed by atoms with Crippen molar-refractivity contribution in [2.45, 2.75) is 19.5 Å². The van der Waals surface area contributed by atoms with E-state index in [0.717, 1.165) is 22.2 Å². The van der Waals surface area contributed by atoms with Gasteiger partial charge in [0.1, 0.15) is 0 Å². The largest absolute Gasteiger partial charge is 0.465 e. The van der Waals surface area contributed by atoms with Gasteiger partial charge in [-0.25, -0.2) is 4.98 Å². The van der Waals surface area contributed by atoms with E-state index in [9.17, 15) is 9.59 Å². The predicted molar refractivity (Wildman–Crippen MR) is 120 cm³/mol. The second-order valence-electron chi connectivity index (χ2n) is 7.64. The minimum atomic E-state index is -1.05. The van der Waals surface area contributed by atoms with Gasteiger partial charge in [0.05, 0.1) is 30.2 Å². The van der Waals surface area contributed by atoms with Crippen LogP contribution in [0.4, 0.5) is 5.95 Å². The summed E-state index contributed by atoms with van der Waals surface area (Å²) >= 11 is 0. The highest BCUT2D eigenvalue weighted by Gasteiger charge is 2.47. The van der Waals surface area contributed by atoms with Crippen LogP contribution < -0.4 is 4.90 Å². The van der Waals surface area contributed by atoms with Gasteiger partial charge in [-0.2, -0.15) is 0 Å². The standard InChI is InChI=1S/C25H22N4O3/c1-2-32-24(31)21-22(18-11-8-14-26-15-18)29-20-13-7-6-12-19(20)27-25(29)28(23(21)30)16-17-9-4-3-5-10-17/h3-15,21-22H,2,16H2,1H3/t21-,22+/m1/s1. The van der Waals surface area contributed by atoms with Crippen molar-refractivity contribution in [1.82, 2.24) is 14.5 Å². The highest BCUT2D eigenvalue weighted by molar-refractivity contribution is 6.08. The number of rotatable bonds is 5. The fourth-order valence-electron chi connectivity index (χ4n) is 4.32. The van der Waals surface area contributed by atoms with E-state index < -0.39 is 17.9 Å². The Balaban J connectivity index is 1.75. The second kappa shape index (κ2) is 8.26. The molecule has 1 amide bonds. The third-order valence-electron chi connectivity index (χ3n) is 5.69. The molecule has 0 N–H and O–H groups in total. The van der Waals surface area contributed by atoms with Gasteiger partial charge in [0.15, 0.2) is 5.92 Å². The normalized spacial score (nSPS) is 17.9. The summed E-state index contributed by atoms with van der Waals surface area (Å²) in [6.07, 6.45) is 3.36. The topological polar surface area (TPSA) is 77.3 Å².